The number of rotatable bonds is 6. The Balaban J connectivity index is 0.00000289. The number of likely N-dealkylation sites (N-methyl/N-ethyl adjacent to an activating group) is 1. The van der Waals surface area contributed by atoms with E-state index in [2.05, 4.69) is 29.4 Å². The maximum atomic E-state index is 12.8. The van der Waals surface area contributed by atoms with Crippen LogP contribution in [-0.2, 0) is 28.9 Å². The number of nitrogens with one attached hydrogen (secondary N) is 1. The van der Waals surface area contributed by atoms with Gasteiger partial charge >= 0.3 is 5.97 Å². The van der Waals surface area contributed by atoms with Crippen LogP contribution in [0.3, 0.4) is 0 Å². The van der Waals surface area contributed by atoms with Crippen LogP contribution >= 0.6 is 23.7 Å². The highest BCUT2D eigenvalue weighted by Crippen LogP contribution is 2.37. The number of anilines is 1. The topological polar surface area (TPSA) is 58.6 Å². The van der Waals surface area contributed by atoms with Crippen LogP contribution < -0.4 is 5.32 Å². The summed E-state index contributed by atoms with van der Waals surface area (Å²) >= 11 is 1.48. The summed E-state index contributed by atoms with van der Waals surface area (Å²) in [5.74, 6) is -0.489. The molecule has 0 bridgehead atoms. The quantitative estimate of drug-likeness (QED) is 0.504. The molecule has 168 valence electrons. The van der Waals surface area contributed by atoms with E-state index in [1.807, 2.05) is 42.5 Å². The van der Waals surface area contributed by atoms with Crippen molar-refractivity contribution in [3.63, 3.8) is 0 Å². The van der Waals surface area contributed by atoms with Crippen molar-refractivity contribution in [1.82, 2.24) is 4.90 Å². The minimum Gasteiger partial charge on any atom is -0.462 e. The van der Waals surface area contributed by atoms with Crippen LogP contribution in [0.1, 0.15) is 33.3 Å². The van der Waals surface area contributed by atoms with E-state index in [1.54, 1.807) is 6.92 Å². The summed E-state index contributed by atoms with van der Waals surface area (Å²) in [5, 5.41) is 3.58. The van der Waals surface area contributed by atoms with Crippen LogP contribution in [0.4, 0.5) is 5.00 Å². The van der Waals surface area contributed by atoms with Crippen molar-refractivity contribution in [2.45, 2.75) is 26.3 Å². The third-order valence-electron chi connectivity index (χ3n) is 5.41. The number of amides is 1. The Bertz CT molecular complexity index is 1080. The van der Waals surface area contributed by atoms with Gasteiger partial charge in [0.15, 0.2) is 0 Å². The van der Waals surface area contributed by atoms with Crippen LogP contribution in [0.2, 0.25) is 0 Å². The lowest BCUT2D eigenvalue weighted by Gasteiger charge is -2.22. The van der Waals surface area contributed by atoms with Crippen molar-refractivity contribution >= 4 is 40.6 Å². The molecule has 2 aromatic carbocycles. The molecular formula is C25H27ClN2O3S. The van der Waals surface area contributed by atoms with E-state index in [9.17, 15) is 9.59 Å². The summed E-state index contributed by atoms with van der Waals surface area (Å²) in [6.45, 7) is 3.77. The summed E-state index contributed by atoms with van der Waals surface area (Å²) in [5.41, 5.74) is 4.74. The lowest BCUT2D eigenvalue weighted by molar-refractivity contribution is -0.115. The molecule has 7 heteroatoms. The first-order chi connectivity index (χ1) is 15.0. The van der Waals surface area contributed by atoms with Gasteiger partial charge in [-0.1, -0.05) is 54.6 Å². The average molecular weight is 471 g/mol. The van der Waals surface area contributed by atoms with Gasteiger partial charge in [-0.2, -0.15) is 0 Å². The number of esters is 1. The van der Waals surface area contributed by atoms with E-state index in [1.165, 1.54) is 11.3 Å². The number of fused-ring (bicyclic) bond motifs is 1. The predicted molar refractivity (Wildman–Crippen MR) is 132 cm³/mol. The Hall–Kier alpha value is -2.67. The third kappa shape index (κ3) is 5.38. The molecule has 4 rings (SSSR count). The smallest absolute Gasteiger partial charge is 0.341 e. The van der Waals surface area contributed by atoms with Crippen LogP contribution in [0.5, 0.6) is 0 Å². The molecule has 0 spiro atoms. The second kappa shape index (κ2) is 10.8. The van der Waals surface area contributed by atoms with Crippen LogP contribution in [0.25, 0.3) is 11.1 Å². The van der Waals surface area contributed by atoms with Gasteiger partial charge in [0, 0.05) is 18.0 Å². The number of carbonyl (C=O) groups excluding carboxylic acids is 2. The molecule has 0 saturated heterocycles. The number of carbonyl (C=O) groups is 2. The fraction of sp³-hybridized carbons (Fsp3) is 0.280. The van der Waals surface area contributed by atoms with Crippen molar-refractivity contribution in [2.75, 3.05) is 25.5 Å². The molecule has 0 atom stereocenters. The largest absolute Gasteiger partial charge is 0.462 e. The van der Waals surface area contributed by atoms with Crippen molar-refractivity contribution in [1.29, 1.82) is 0 Å². The third-order valence-corrected chi connectivity index (χ3v) is 6.54. The molecule has 0 unspecified atom stereocenters. The van der Waals surface area contributed by atoms with Gasteiger partial charge < -0.3 is 15.0 Å². The molecule has 0 aliphatic carbocycles. The van der Waals surface area contributed by atoms with E-state index >= 15 is 0 Å². The Kier molecular flexibility index (Phi) is 8.07. The Morgan fingerprint density at radius 2 is 1.75 bits per heavy atom. The molecule has 1 aromatic heterocycles. The molecule has 32 heavy (non-hydrogen) atoms. The molecular weight excluding hydrogens is 444 g/mol. The van der Waals surface area contributed by atoms with E-state index in [0.29, 0.717) is 17.2 Å². The lowest BCUT2D eigenvalue weighted by atomic mass is 10.0. The minimum atomic E-state index is -0.355. The van der Waals surface area contributed by atoms with Gasteiger partial charge in [0.05, 0.1) is 18.6 Å². The highest BCUT2D eigenvalue weighted by molar-refractivity contribution is 7.17. The monoisotopic (exact) mass is 470 g/mol. The summed E-state index contributed by atoms with van der Waals surface area (Å²) in [6.07, 6.45) is 1.03. The second-order valence-electron chi connectivity index (χ2n) is 7.70. The molecule has 1 amide bonds. The first-order valence-electron chi connectivity index (χ1n) is 10.5. The number of hydrogen-bond acceptors (Lipinski definition) is 5. The van der Waals surface area contributed by atoms with E-state index in [4.69, 9.17) is 4.74 Å². The molecule has 0 fully saturated rings. The summed E-state index contributed by atoms with van der Waals surface area (Å²) in [4.78, 5) is 28.7. The zero-order chi connectivity index (χ0) is 21.8. The average Bonchev–Trinajstić information content (AvgIpc) is 3.11. The Morgan fingerprint density at radius 1 is 1.06 bits per heavy atom. The molecule has 2 heterocycles. The fourth-order valence-electron chi connectivity index (χ4n) is 3.84. The standard InChI is InChI=1S/C25H26N2O3S.ClH/c1-3-30-25(29)23-20-13-14-27(2)16-21(20)31-24(23)26-22(28)15-17-9-11-19(12-10-17)18-7-5-4-6-8-18;/h4-12H,3,13-16H2,1-2H3,(H,26,28);1H. The molecule has 1 N–H and O–H groups in total. The SMILES string of the molecule is CCOC(=O)c1c(NC(=O)Cc2ccc(-c3ccccc3)cc2)sc2c1CCN(C)C2.Cl. The zero-order valence-corrected chi connectivity index (χ0v) is 19.9. The van der Waals surface area contributed by atoms with Crippen molar-refractivity contribution in [2.24, 2.45) is 0 Å². The molecule has 3 aromatic rings. The maximum absolute atomic E-state index is 12.8. The first-order valence-corrected chi connectivity index (χ1v) is 11.3. The van der Waals surface area contributed by atoms with E-state index in [0.717, 1.165) is 46.6 Å². The first kappa shape index (κ1) is 24.0. The van der Waals surface area contributed by atoms with Gasteiger partial charge in [0.1, 0.15) is 5.00 Å². The number of hydrogen-bond donors (Lipinski definition) is 1. The van der Waals surface area contributed by atoms with Crippen molar-refractivity contribution in [3.8, 4) is 11.1 Å². The van der Waals surface area contributed by atoms with Crippen molar-refractivity contribution in [3.05, 3.63) is 76.2 Å². The molecule has 1 aliphatic rings. The van der Waals surface area contributed by atoms with Gasteiger partial charge in [0.2, 0.25) is 5.91 Å². The molecule has 0 saturated carbocycles. The summed E-state index contributed by atoms with van der Waals surface area (Å²) < 4.78 is 5.28. The highest BCUT2D eigenvalue weighted by Gasteiger charge is 2.28. The minimum absolute atomic E-state index is 0. The highest BCUT2D eigenvalue weighted by atomic mass is 35.5. The molecule has 1 aliphatic heterocycles. The number of benzene rings is 2. The zero-order valence-electron chi connectivity index (χ0n) is 18.2. The number of ether oxygens (including phenoxy) is 1. The molecule has 0 radical (unpaired) electrons. The summed E-state index contributed by atoms with van der Waals surface area (Å²) in [6, 6.07) is 18.2. The maximum Gasteiger partial charge on any atom is 0.341 e. The van der Waals surface area contributed by atoms with Gasteiger partial charge in [-0.3, -0.25) is 4.79 Å². The number of halogens is 1. The Labute approximate surface area is 198 Å². The van der Waals surface area contributed by atoms with Crippen molar-refractivity contribution < 1.29 is 14.3 Å². The lowest BCUT2D eigenvalue weighted by Crippen LogP contribution is -2.26. The van der Waals surface area contributed by atoms with E-state index in [-0.39, 0.29) is 30.7 Å². The molecule has 5 nitrogen and oxygen atoms in total. The van der Waals surface area contributed by atoms with Gasteiger partial charge in [-0.25, -0.2) is 4.79 Å². The number of nitrogens with zero attached hydrogens (tertiary/aromatic N) is 1. The predicted octanol–water partition coefficient (Wildman–Crippen LogP) is 5.18. The van der Waals surface area contributed by atoms with E-state index < -0.39 is 0 Å². The van der Waals surface area contributed by atoms with Crippen LogP contribution in [-0.4, -0.2) is 37.0 Å². The van der Waals surface area contributed by atoms with Crippen LogP contribution in [0.15, 0.2) is 54.6 Å². The number of thiophene rings is 1. The fourth-order valence-corrected chi connectivity index (χ4v) is 5.17. The van der Waals surface area contributed by atoms with Gasteiger partial charge in [0.25, 0.3) is 0 Å². The Morgan fingerprint density at radius 3 is 2.44 bits per heavy atom. The normalized spacial score (nSPS) is 13.1. The summed E-state index contributed by atoms with van der Waals surface area (Å²) in [7, 11) is 2.06. The van der Waals surface area contributed by atoms with Gasteiger partial charge in [-0.05, 0) is 42.6 Å². The van der Waals surface area contributed by atoms with Crippen LogP contribution in [0, 0.1) is 0 Å². The second-order valence-corrected chi connectivity index (χ2v) is 8.81. The van der Waals surface area contributed by atoms with Gasteiger partial charge in [-0.15, -0.1) is 23.7 Å².